The normalized spacial score (nSPS) is 14.8. The third-order valence-electron chi connectivity index (χ3n) is 4.85. The molecule has 1 aliphatic heterocycles. The molecule has 1 heterocycles. The van der Waals surface area contributed by atoms with Crippen molar-refractivity contribution in [3.05, 3.63) is 59.2 Å². The van der Waals surface area contributed by atoms with Gasteiger partial charge in [-0.3, -0.25) is 4.79 Å². The fourth-order valence-electron chi connectivity index (χ4n) is 3.31. The second-order valence-electron chi connectivity index (χ2n) is 6.81. The smallest absolute Gasteiger partial charge is 0.251 e. The van der Waals surface area contributed by atoms with Gasteiger partial charge in [-0.05, 0) is 50.5 Å². The van der Waals surface area contributed by atoms with Crippen LogP contribution in [0.5, 0.6) is 5.75 Å². The van der Waals surface area contributed by atoms with Crippen LogP contribution in [0.3, 0.4) is 0 Å². The van der Waals surface area contributed by atoms with Gasteiger partial charge in [-0.2, -0.15) is 4.31 Å². The summed E-state index contributed by atoms with van der Waals surface area (Å²) in [6.07, 6.45) is 1.75. The number of nitrogens with zero attached hydrogens (tertiary/aromatic N) is 1. The maximum absolute atomic E-state index is 12.9. The first kappa shape index (κ1) is 20.4. The van der Waals surface area contributed by atoms with E-state index in [0.717, 1.165) is 24.2 Å². The Labute approximate surface area is 166 Å². The minimum atomic E-state index is -3.57. The number of rotatable bonds is 7. The molecule has 0 bridgehead atoms. The Morgan fingerprint density at radius 2 is 1.86 bits per heavy atom. The maximum atomic E-state index is 12.9. The number of carbonyl (C=O) groups excluding carboxylic acids is 1. The molecule has 1 fully saturated rings. The van der Waals surface area contributed by atoms with Crippen molar-refractivity contribution in [1.29, 1.82) is 0 Å². The van der Waals surface area contributed by atoms with Crippen LogP contribution in [0.4, 0.5) is 0 Å². The van der Waals surface area contributed by atoms with E-state index in [1.165, 1.54) is 10.4 Å². The number of benzene rings is 2. The molecule has 0 radical (unpaired) electrons. The van der Waals surface area contributed by atoms with Gasteiger partial charge < -0.3 is 10.1 Å². The summed E-state index contributed by atoms with van der Waals surface area (Å²) in [7, 11) is -3.57. The highest BCUT2D eigenvalue weighted by molar-refractivity contribution is 7.89. The summed E-state index contributed by atoms with van der Waals surface area (Å²) in [5.74, 6) is 0.413. The van der Waals surface area contributed by atoms with Crippen LogP contribution in [0.1, 0.15) is 41.3 Å². The minimum Gasteiger partial charge on any atom is -0.494 e. The van der Waals surface area contributed by atoms with E-state index in [4.69, 9.17) is 4.74 Å². The van der Waals surface area contributed by atoms with Crippen LogP contribution in [-0.2, 0) is 16.6 Å². The first-order chi connectivity index (χ1) is 13.4. The van der Waals surface area contributed by atoms with E-state index in [1.54, 1.807) is 19.1 Å². The number of sulfonamides is 1. The van der Waals surface area contributed by atoms with Crippen molar-refractivity contribution in [3.63, 3.8) is 0 Å². The van der Waals surface area contributed by atoms with Crippen LogP contribution < -0.4 is 10.1 Å². The molecule has 7 heteroatoms. The number of ether oxygens (including phenoxy) is 1. The highest BCUT2D eigenvalue weighted by atomic mass is 32.2. The van der Waals surface area contributed by atoms with E-state index in [1.807, 2.05) is 31.2 Å². The number of hydrogen-bond acceptors (Lipinski definition) is 4. The van der Waals surface area contributed by atoms with Crippen LogP contribution in [-0.4, -0.2) is 38.3 Å². The molecule has 1 aliphatic rings. The predicted molar refractivity (Wildman–Crippen MR) is 108 cm³/mol. The van der Waals surface area contributed by atoms with E-state index in [9.17, 15) is 13.2 Å². The fraction of sp³-hybridized carbons (Fsp3) is 0.381. The first-order valence-electron chi connectivity index (χ1n) is 9.53. The first-order valence-corrected chi connectivity index (χ1v) is 11.0. The lowest BCUT2D eigenvalue weighted by Gasteiger charge is -2.18. The second-order valence-corrected chi connectivity index (χ2v) is 8.72. The van der Waals surface area contributed by atoms with E-state index in [-0.39, 0.29) is 10.8 Å². The molecule has 1 N–H and O–H groups in total. The summed E-state index contributed by atoms with van der Waals surface area (Å²) in [5.41, 5.74) is 1.84. The predicted octanol–water partition coefficient (Wildman–Crippen LogP) is 3.11. The Morgan fingerprint density at radius 3 is 2.57 bits per heavy atom. The zero-order valence-electron chi connectivity index (χ0n) is 16.3. The molecule has 6 nitrogen and oxygen atoms in total. The van der Waals surface area contributed by atoms with Crippen LogP contribution >= 0.6 is 0 Å². The molecule has 0 spiro atoms. The number of amides is 1. The third-order valence-corrected chi connectivity index (χ3v) is 6.89. The van der Waals surface area contributed by atoms with Gasteiger partial charge in [0.15, 0.2) is 0 Å². The molecular formula is C21H26N2O4S. The topological polar surface area (TPSA) is 75.7 Å². The molecule has 0 aromatic heterocycles. The van der Waals surface area contributed by atoms with Crippen molar-refractivity contribution < 1.29 is 17.9 Å². The monoisotopic (exact) mass is 402 g/mol. The number of nitrogens with one attached hydrogen (secondary N) is 1. The van der Waals surface area contributed by atoms with Crippen LogP contribution in [0.2, 0.25) is 0 Å². The SMILES string of the molecule is CCOc1ccccc1CNC(=O)c1ccc(C)c(S(=O)(=O)N2CCCC2)c1. The van der Waals surface area contributed by atoms with E-state index in [0.29, 0.717) is 37.4 Å². The Balaban J connectivity index is 1.78. The Morgan fingerprint density at radius 1 is 1.14 bits per heavy atom. The number of carbonyl (C=O) groups is 1. The number of aryl methyl sites for hydroxylation is 1. The average Bonchev–Trinajstić information content (AvgIpc) is 3.23. The molecule has 0 unspecified atom stereocenters. The molecule has 2 aromatic carbocycles. The summed E-state index contributed by atoms with van der Waals surface area (Å²) < 4.78 is 32.9. The van der Waals surface area contributed by atoms with Crippen LogP contribution in [0, 0.1) is 6.92 Å². The molecule has 0 aliphatic carbocycles. The Hall–Kier alpha value is -2.38. The van der Waals surface area contributed by atoms with Gasteiger partial charge in [0.25, 0.3) is 5.91 Å². The lowest BCUT2D eigenvalue weighted by atomic mass is 10.1. The molecule has 28 heavy (non-hydrogen) atoms. The highest BCUT2D eigenvalue weighted by Crippen LogP contribution is 2.25. The highest BCUT2D eigenvalue weighted by Gasteiger charge is 2.29. The molecule has 3 rings (SSSR count). The molecule has 2 aromatic rings. The van der Waals surface area contributed by atoms with Gasteiger partial charge in [0, 0.05) is 30.8 Å². The third kappa shape index (κ3) is 4.36. The molecule has 150 valence electrons. The van der Waals surface area contributed by atoms with Crippen molar-refractivity contribution in [1.82, 2.24) is 9.62 Å². The van der Waals surface area contributed by atoms with Gasteiger partial charge in [-0.15, -0.1) is 0 Å². The Bertz CT molecular complexity index is 951. The van der Waals surface area contributed by atoms with Gasteiger partial charge in [-0.25, -0.2) is 8.42 Å². The van der Waals surface area contributed by atoms with Crippen molar-refractivity contribution in [2.75, 3.05) is 19.7 Å². The molecule has 0 saturated carbocycles. The van der Waals surface area contributed by atoms with Crippen LogP contribution in [0.15, 0.2) is 47.4 Å². The Kier molecular flexibility index (Phi) is 6.36. The lowest BCUT2D eigenvalue weighted by Crippen LogP contribution is -2.29. The van der Waals surface area contributed by atoms with Crippen LogP contribution in [0.25, 0.3) is 0 Å². The summed E-state index contributed by atoms with van der Waals surface area (Å²) in [6.45, 7) is 5.57. The summed E-state index contributed by atoms with van der Waals surface area (Å²) in [5, 5.41) is 2.85. The van der Waals surface area contributed by atoms with Crippen molar-refractivity contribution >= 4 is 15.9 Å². The molecular weight excluding hydrogens is 376 g/mol. The standard InChI is InChI=1S/C21H26N2O4S/c1-3-27-19-9-5-4-8-18(19)15-22-21(24)17-11-10-16(2)20(14-17)28(25,26)23-12-6-7-13-23/h4-5,8-11,14H,3,6-7,12-13,15H2,1-2H3,(H,22,24). The summed E-state index contributed by atoms with van der Waals surface area (Å²) >= 11 is 0. The summed E-state index contributed by atoms with van der Waals surface area (Å²) in [6, 6.07) is 12.3. The van der Waals surface area contributed by atoms with Gasteiger partial charge >= 0.3 is 0 Å². The number of hydrogen-bond donors (Lipinski definition) is 1. The van der Waals surface area contributed by atoms with Gasteiger partial charge in [0.2, 0.25) is 10.0 Å². The van der Waals surface area contributed by atoms with E-state index in [2.05, 4.69) is 5.32 Å². The quantitative estimate of drug-likeness (QED) is 0.772. The van der Waals surface area contributed by atoms with Crippen molar-refractivity contribution in [2.24, 2.45) is 0 Å². The lowest BCUT2D eigenvalue weighted by molar-refractivity contribution is 0.0950. The average molecular weight is 403 g/mol. The fourth-order valence-corrected chi connectivity index (χ4v) is 5.08. The zero-order valence-corrected chi connectivity index (χ0v) is 17.1. The van der Waals surface area contributed by atoms with Crippen molar-refractivity contribution in [3.8, 4) is 5.75 Å². The maximum Gasteiger partial charge on any atom is 0.251 e. The molecule has 1 saturated heterocycles. The van der Waals surface area contributed by atoms with Gasteiger partial charge in [-0.1, -0.05) is 24.3 Å². The van der Waals surface area contributed by atoms with Gasteiger partial charge in [0.1, 0.15) is 5.75 Å². The summed E-state index contributed by atoms with van der Waals surface area (Å²) in [4.78, 5) is 12.8. The minimum absolute atomic E-state index is 0.205. The van der Waals surface area contributed by atoms with E-state index < -0.39 is 10.0 Å². The number of para-hydroxylation sites is 1. The largest absolute Gasteiger partial charge is 0.494 e. The second kappa shape index (κ2) is 8.75. The molecule has 0 atom stereocenters. The van der Waals surface area contributed by atoms with Gasteiger partial charge in [0.05, 0.1) is 11.5 Å². The van der Waals surface area contributed by atoms with E-state index >= 15 is 0 Å². The molecule has 1 amide bonds. The van der Waals surface area contributed by atoms with Crippen molar-refractivity contribution in [2.45, 2.75) is 38.1 Å². The zero-order chi connectivity index (χ0) is 20.1.